The van der Waals surface area contributed by atoms with Crippen molar-refractivity contribution < 1.29 is 5.11 Å². The Bertz CT molecular complexity index is 646. The van der Waals surface area contributed by atoms with E-state index in [0.717, 1.165) is 19.5 Å². The van der Waals surface area contributed by atoms with Gasteiger partial charge in [0.15, 0.2) is 5.96 Å². The van der Waals surface area contributed by atoms with Crippen molar-refractivity contribution in [2.24, 2.45) is 4.99 Å². The quantitative estimate of drug-likeness (QED) is 0.533. The molecule has 0 fully saturated rings. The van der Waals surface area contributed by atoms with E-state index in [1.165, 1.54) is 5.56 Å². The largest absolute Gasteiger partial charge is 0.386 e. The van der Waals surface area contributed by atoms with Crippen molar-refractivity contribution in [2.75, 3.05) is 19.6 Å². The molecule has 0 heterocycles. The van der Waals surface area contributed by atoms with Crippen LogP contribution in [0.1, 0.15) is 24.2 Å². The lowest BCUT2D eigenvalue weighted by Crippen LogP contribution is -2.38. The normalized spacial score (nSPS) is 12.7. The van der Waals surface area contributed by atoms with Crippen molar-refractivity contribution >= 4 is 17.6 Å². The van der Waals surface area contributed by atoms with Gasteiger partial charge in [-0.15, -0.1) is 0 Å². The van der Waals surface area contributed by atoms with Crippen LogP contribution in [0.25, 0.3) is 0 Å². The lowest BCUT2D eigenvalue weighted by atomic mass is 10.1. The zero-order valence-corrected chi connectivity index (χ0v) is 14.6. The summed E-state index contributed by atoms with van der Waals surface area (Å²) in [5, 5.41) is 17.3. The fraction of sp³-hybridized carbons (Fsp3) is 0.316. The van der Waals surface area contributed by atoms with Gasteiger partial charge in [-0.2, -0.15) is 0 Å². The molecule has 0 spiro atoms. The Morgan fingerprint density at radius 3 is 2.50 bits per heavy atom. The van der Waals surface area contributed by atoms with Crippen LogP contribution in [0.15, 0.2) is 59.6 Å². The molecule has 0 aliphatic heterocycles. The predicted molar refractivity (Wildman–Crippen MR) is 101 cm³/mol. The summed E-state index contributed by atoms with van der Waals surface area (Å²) in [5.74, 6) is 0.694. The Morgan fingerprint density at radius 1 is 1.08 bits per heavy atom. The molecule has 0 saturated heterocycles. The van der Waals surface area contributed by atoms with E-state index in [1.54, 1.807) is 6.07 Å². The Morgan fingerprint density at radius 2 is 1.79 bits per heavy atom. The third kappa shape index (κ3) is 5.87. The van der Waals surface area contributed by atoms with E-state index in [1.807, 2.05) is 43.3 Å². The molecule has 0 aromatic heterocycles. The van der Waals surface area contributed by atoms with Gasteiger partial charge < -0.3 is 15.7 Å². The highest BCUT2D eigenvalue weighted by Crippen LogP contribution is 2.22. The molecule has 128 valence electrons. The van der Waals surface area contributed by atoms with Gasteiger partial charge in [0.25, 0.3) is 0 Å². The van der Waals surface area contributed by atoms with Crippen LogP contribution in [-0.2, 0) is 6.42 Å². The molecule has 2 rings (SSSR count). The monoisotopic (exact) mass is 345 g/mol. The van der Waals surface area contributed by atoms with Crippen molar-refractivity contribution in [2.45, 2.75) is 19.4 Å². The van der Waals surface area contributed by atoms with E-state index in [9.17, 15) is 5.11 Å². The number of halogens is 1. The first-order valence-electron chi connectivity index (χ1n) is 8.19. The number of rotatable bonds is 7. The van der Waals surface area contributed by atoms with Gasteiger partial charge >= 0.3 is 0 Å². The molecule has 2 aromatic carbocycles. The van der Waals surface area contributed by atoms with Crippen LogP contribution in [0.2, 0.25) is 5.02 Å². The predicted octanol–water partition coefficient (Wildman–Crippen LogP) is 3.17. The number of guanidine groups is 1. The highest BCUT2D eigenvalue weighted by atomic mass is 35.5. The Kier molecular flexibility index (Phi) is 7.59. The van der Waals surface area contributed by atoms with Crippen molar-refractivity contribution in [3.8, 4) is 0 Å². The summed E-state index contributed by atoms with van der Waals surface area (Å²) in [6, 6.07) is 17.6. The minimum Gasteiger partial charge on any atom is -0.386 e. The number of nitrogens with zero attached hydrogens (tertiary/aromatic N) is 1. The summed E-state index contributed by atoms with van der Waals surface area (Å²) < 4.78 is 0. The fourth-order valence-electron chi connectivity index (χ4n) is 2.33. The van der Waals surface area contributed by atoms with Crippen LogP contribution in [0, 0.1) is 0 Å². The van der Waals surface area contributed by atoms with E-state index in [-0.39, 0.29) is 6.54 Å². The first-order chi connectivity index (χ1) is 11.7. The smallest absolute Gasteiger partial charge is 0.191 e. The summed E-state index contributed by atoms with van der Waals surface area (Å²) >= 11 is 6.11. The number of nitrogens with one attached hydrogen (secondary N) is 2. The molecular weight excluding hydrogens is 322 g/mol. The van der Waals surface area contributed by atoms with Gasteiger partial charge in [0, 0.05) is 23.7 Å². The topological polar surface area (TPSA) is 56.7 Å². The summed E-state index contributed by atoms with van der Waals surface area (Å²) in [7, 11) is 0. The minimum atomic E-state index is -0.719. The van der Waals surface area contributed by atoms with Crippen LogP contribution in [-0.4, -0.2) is 30.7 Å². The van der Waals surface area contributed by atoms with Crippen LogP contribution in [0.3, 0.4) is 0 Å². The van der Waals surface area contributed by atoms with Crippen LogP contribution in [0.5, 0.6) is 0 Å². The Labute approximate surface area is 148 Å². The maximum atomic E-state index is 10.3. The Balaban J connectivity index is 1.89. The number of hydrogen-bond acceptors (Lipinski definition) is 2. The first kappa shape index (κ1) is 18.3. The van der Waals surface area contributed by atoms with Gasteiger partial charge in [-0.1, -0.05) is 60.1 Å². The lowest BCUT2D eigenvalue weighted by Gasteiger charge is -2.14. The van der Waals surface area contributed by atoms with Gasteiger partial charge in [0.05, 0.1) is 6.54 Å². The zero-order chi connectivity index (χ0) is 17.2. The summed E-state index contributed by atoms with van der Waals surface area (Å²) in [6.07, 6.45) is 0.196. The molecule has 5 heteroatoms. The highest BCUT2D eigenvalue weighted by Gasteiger charge is 2.10. The molecule has 1 atom stereocenters. The molecule has 0 aliphatic carbocycles. The van der Waals surface area contributed by atoms with Gasteiger partial charge in [-0.05, 0) is 25.0 Å². The van der Waals surface area contributed by atoms with E-state index in [2.05, 4.69) is 27.8 Å². The second-order valence-electron chi connectivity index (χ2n) is 5.42. The molecule has 3 N–H and O–H groups in total. The standard InChI is InChI=1S/C19H24ClN3O/c1-2-21-19(22-13-12-15-8-4-3-5-9-15)23-14-18(24)16-10-6-7-11-17(16)20/h3-11,18,24H,2,12-14H2,1H3,(H2,21,22,23). The van der Waals surface area contributed by atoms with E-state index < -0.39 is 6.10 Å². The number of hydrogen-bond donors (Lipinski definition) is 3. The van der Waals surface area contributed by atoms with Crippen LogP contribution in [0.4, 0.5) is 0 Å². The fourth-order valence-corrected chi connectivity index (χ4v) is 2.59. The zero-order valence-electron chi connectivity index (χ0n) is 13.9. The molecule has 0 radical (unpaired) electrons. The summed E-state index contributed by atoms with van der Waals surface area (Å²) in [4.78, 5) is 4.45. The van der Waals surface area contributed by atoms with Gasteiger partial charge in [-0.25, -0.2) is 0 Å². The summed E-state index contributed by atoms with van der Waals surface area (Å²) in [6.45, 7) is 3.81. The Hall–Kier alpha value is -2.04. The molecule has 0 aliphatic rings. The number of aliphatic imine (C=N–C) groups is 1. The second kappa shape index (κ2) is 9.96. The maximum absolute atomic E-state index is 10.3. The second-order valence-corrected chi connectivity index (χ2v) is 5.83. The molecule has 0 saturated carbocycles. The van der Waals surface area contributed by atoms with Crippen LogP contribution >= 0.6 is 11.6 Å². The third-order valence-corrected chi connectivity index (χ3v) is 3.92. The van der Waals surface area contributed by atoms with Crippen molar-refractivity contribution in [1.82, 2.24) is 10.6 Å². The number of benzene rings is 2. The van der Waals surface area contributed by atoms with Crippen molar-refractivity contribution in [1.29, 1.82) is 0 Å². The highest BCUT2D eigenvalue weighted by molar-refractivity contribution is 6.31. The van der Waals surface area contributed by atoms with Crippen LogP contribution < -0.4 is 10.6 Å². The maximum Gasteiger partial charge on any atom is 0.191 e. The number of aliphatic hydroxyl groups is 1. The van der Waals surface area contributed by atoms with Gasteiger partial charge in [-0.3, -0.25) is 4.99 Å². The molecule has 2 aromatic rings. The average Bonchev–Trinajstić information content (AvgIpc) is 2.60. The molecule has 4 nitrogen and oxygen atoms in total. The molecule has 0 amide bonds. The third-order valence-electron chi connectivity index (χ3n) is 3.58. The van der Waals surface area contributed by atoms with Gasteiger partial charge in [0.2, 0.25) is 0 Å². The molecule has 0 bridgehead atoms. The van der Waals surface area contributed by atoms with Gasteiger partial charge in [0.1, 0.15) is 6.10 Å². The van der Waals surface area contributed by atoms with E-state index in [4.69, 9.17) is 11.6 Å². The lowest BCUT2D eigenvalue weighted by molar-refractivity contribution is 0.187. The first-order valence-corrected chi connectivity index (χ1v) is 8.57. The molecule has 1 unspecified atom stereocenters. The van der Waals surface area contributed by atoms with E-state index in [0.29, 0.717) is 16.5 Å². The SMILES string of the molecule is CCNC(=NCC(O)c1ccccc1Cl)NCCc1ccccc1. The van der Waals surface area contributed by atoms with Crippen molar-refractivity contribution in [3.63, 3.8) is 0 Å². The number of aliphatic hydroxyl groups excluding tert-OH is 1. The average molecular weight is 346 g/mol. The summed E-state index contributed by atoms with van der Waals surface area (Å²) in [5.41, 5.74) is 1.97. The molecule has 24 heavy (non-hydrogen) atoms. The van der Waals surface area contributed by atoms with E-state index >= 15 is 0 Å². The minimum absolute atomic E-state index is 0.254. The van der Waals surface area contributed by atoms with Crippen molar-refractivity contribution in [3.05, 3.63) is 70.7 Å². The molecular formula is C19H24ClN3O.